The molecule has 0 bridgehead atoms. The molecule has 3 heteroatoms. The highest BCUT2D eigenvalue weighted by Gasteiger charge is 2.30. The Labute approximate surface area is 83.0 Å². The summed E-state index contributed by atoms with van der Waals surface area (Å²) in [5.41, 5.74) is 5.73. The van der Waals surface area contributed by atoms with E-state index in [0.717, 1.165) is 12.8 Å². The molecular weight excluding hydrogens is 178 g/mol. The van der Waals surface area contributed by atoms with Gasteiger partial charge in [-0.25, -0.2) is 0 Å². The molecular formula is C10H23NOSi. The lowest BCUT2D eigenvalue weighted by Crippen LogP contribution is -2.39. The Bertz CT molecular complexity index is 159. The van der Waals surface area contributed by atoms with E-state index in [-0.39, 0.29) is 0 Å². The first kappa shape index (κ1) is 11.2. The summed E-state index contributed by atoms with van der Waals surface area (Å²) in [4.78, 5) is 0. The molecule has 0 spiro atoms. The van der Waals surface area contributed by atoms with E-state index >= 15 is 0 Å². The summed E-state index contributed by atoms with van der Waals surface area (Å²) in [7, 11) is -1.27. The van der Waals surface area contributed by atoms with Crippen molar-refractivity contribution in [1.82, 2.24) is 0 Å². The molecule has 1 fully saturated rings. The van der Waals surface area contributed by atoms with E-state index in [1.54, 1.807) is 0 Å². The summed E-state index contributed by atoms with van der Waals surface area (Å²) < 4.78 is 6.11. The van der Waals surface area contributed by atoms with Crippen molar-refractivity contribution in [1.29, 1.82) is 0 Å². The standard InChI is InChI=1S/C10H23NOSi/c1-9(11)6-7-10-5-4-8-13(2,3)12-10/h9-10H,4-8,11H2,1-3H3. The summed E-state index contributed by atoms with van der Waals surface area (Å²) in [6, 6.07) is 1.66. The number of hydrogen-bond acceptors (Lipinski definition) is 2. The molecule has 2 atom stereocenters. The van der Waals surface area contributed by atoms with Gasteiger partial charge in [-0.3, -0.25) is 0 Å². The molecule has 0 radical (unpaired) electrons. The minimum Gasteiger partial charge on any atom is -0.414 e. The molecule has 0 saturated carbocycles. The minimum absolute atomic E-state index is 0.329. The Balaban J connectivity index is 2.26. The van der Waals surface area contributed by atoms with E-state index in [1.165, 1.54) is 18.9 Å². The second-order valence-electron chi connectivity index (χ2n) is 4.95. The number of rotatable bonds is 3. The van der Waals surface area contributed by atoms with Gasteiger partial charge in [0, 0.05) is 12.1 Å². The van der Waals surface area contributed by atoms with Crippen LogP contribution in [0.15, 0.2) is 0 Å². The minimum atomic E-state index is -1.27. The van der Waals surface area contributed by atoms with Crippen molar-refractivity contribution in [3.05, 3.63) is 0 Å². The van der Waals surface area contributed by atoms with Gasteiger partial charge in [0.05, 0.1) is 0 Å². The number of hydrogen-bond donors (Lipinski definition) is 1. The lowest BCUT2D eigenvalue weighted by molar-refractivity contribution is 0.147. The van der Waals surface area contributed by atoms with Gasteiger partial charge in [0.2, 0.25) is 0 Å². The highest BCUT2D eigenvalue weighted by molar-refractivity contribution is 6.71. The molecule has 2 unspecified atom stereocenters. The van der Waals surface area contributed by atoms with Crippen LogP contribution in [0.5, 0.6) is 0 Å². The van der Waals surface area contributed by atoms with Crippen molar-refractivity contribution in [3.63, 3.8) is 0 Å². The average Bonchev–Trinajstić information content (AvgIpc) is 1.99. The third kappa shape index (κ3) is 4.25. The van der Waals surface area contributed by atoms with Gasteiger partial charge in [0.25, 0.3) is 0 Å². The molecule has 1 aliphatic heterocycles. The van der Waals surface area contributed by atoms with Gasteiger partial charge in [-0.1, -0.05) is 6.42 Å². The molecule has 0 aromatic carbocycles. The first-order valence-corrected chi connectivity index (χ1v) is 8.54. The fourth-order valence-corrected chi connectivity index (χ4v) is 4.29. The van der Waals surface area contributed by atoms with E-state index in [9.17, 15) is 0 Å². The van der Waals surface area contributed by atoms with E-state index in [2.05, 4.69) is 20.0 Å². The van der Waals surface area contributed by atoms with Crippen LogP contribution in [-0.2, 0) is 4.43 Å². The lowest BCUT2D eigenvalue weighted by atomic mass is 10.1. The van der Waals surface area contributed by atoms with E-state index < -0.39 is 8.32 Å². The highest BCUT2D eigenvalue weighted by Crippen LogP contribution is 2.27. The summed E-state index contributed by atoms with van der Waals surface area (Å²) >= 11 is 0. The van der Waals surface area contributed by atoms with Crippen LogP contribution in [0.2, 0.25) is 19.1 Å². The molecule has 1 aliphatic rings. The van der Waals surface area contributed by atoms with E-state index in [1.807, 2.05) is 0 Å². The Hall–Kier alpha value is 0.137. The monoisotopic (exact) mass is 201 g/mol. The lowest BCUT2D eigenvalue weighted by Gasteiger charge is -2.34. The third-order valence-corrected chi connectivity index (χ3v) is 5.26. The van der Waals surface area contributed by atoms with Gasteiger partial charge in [0.15, 0.2) is 8.32 Å². The predicted octanol–water partition coefficient (Wildman–Crippen LogP) is 2.50. The second kappa shape index (κ2) is 4.58. The molecule has 2 nitrogen and oxygen atoms in total. The molecule has 0 amide bonds. The zero-order valence-corrected chi connectivity index (χ0v) is 10.2. The summed E-state index contributed by atoms with van der Waals surface area (Å²) in [6.45, 7) is 6.72. The van der Waals surface area contributed by atoms with Crippen molar-refractivity contribution in [3.8, 4) is 0 Å². The van der Waals surface area contributed by atoms with Crippen LogP contribution in [0, 0.1) is 0 Å². The first-order chi connectivity index (χ1) is 5.99. The molecule has 1 rings (SSSR count). The maximum Gasteiger partial charge on any atom is 0.187 e. The third-order valence-electron chi connectivity index (χ3n) is 2.73. The molecule has 0 aromatic rings. The zero-order valence-electron chi connectivity index (χ0n) is 9.18. The molecule has 0 aromatic heterocycles. The van der Waals surface area contributed by atoms with E-state index in [4.69, 9.17) is 10.2 Å². The molecule has 2 N–H and O–H groups in total. The summed E-state index contributed by atoms with van der Waals surface area (Å²) in [5, 5.41) is 0. The first-order valence-electron chi connectivity index (χ1n) is 5.43. The fourth-order valence-electron chi connectivity index (χ4n) is 1.98. The van der Waals surface area contributed by atoms with Crippen LogP contribution in [0.1, 0.15) is 32.6 Å². The van der Waals surface area contributed by atoms with Crippen LogP contribution in [-0.4, -0.2) is 20.5 Å². The van der Waals surface area contributed by atoms with Crippen LogP contribution < -0.4 is 5.73 Å². The fraction of sp³-hybridized carbons (Fsp3) is 1.00. The zero-order chi connectivity index (χ0) is 9.90. The Morgan fingerprint density at radius 3 is 2.77 bits per heavy atom. The van der Waals surface area contributed by atoms with Gasteiger partial charge in [-0.2, -0.15) is 0 Å². The highest BCUT2D eigenvalue weighted by atomic mass is 28.4. The normalized spacial score (nSPS) is 30.0. The van der Waals surface area contributed by atoms with Crippen molar-refractivity contribution in [2.45, 2.75) is 63.9 Å². The predicted molar refractivity (Wildman–Crippen MR) is 59.3 cm³/mol. The molecule has 1 heterocycles. The SMILES string of the molecule is CC(N)CCC1CCC[Si](C)(C)O1. The Morgan fingerprint density at radius 1 is 1.54 bits per heavy atom. The van der Waals surface area contributed by atoms with Crippen LogP contribution in [0.25, 0.3) is 0 Å². The van der Waals surface area contributed by atoms with Crippen molar-refractivity contribution in [2.75, 3.05) is 0 Å². The molecule has 1 saturated heterocycles. The Kier molecular flexibility index (Phi) is 3.95. The average molecular weight is 201 g/mol. The maximum atomic E-state index is 6.11. The maximum absolute atomic E-state index is 6.11. The number of nitrogens with two attached hydrogens (primary N) is 1. The topological polar surface area (TPSA) is 35.2 Å². The quantitative estimate of drug-likeness (QED) is 0.712. The van der Waals surface area contributed by atoms with Crippen LogP contribution in [0.4, 0.5) is 0 Å². The largest absolute Gasteiger partial charge is 0.414 e. The molecule has 78 valence electrons. The summed E-state index contributed by atoms with van der Waals surface area (Å²) in [5.74, 6) is 0. The Morgan fingerprint density at radius 2 is 2.23 bits per heavy atom. The summed E-state index contributed by atoms with van der Waals surface area (Å²) in [6.07, 6.45) is 5.40. The molecule has 13 heavy (non-hydrogen) atoms. The van der Waals surface area contributed by atoms with Crippen molar-refractivity contribution < 1.29 is 4.43 Å². The van der Waals surface area contributed by atoms with Crippen molar-refractivity contribution in [2.24, 2.45) is 5.73 Å². The smallest absolute Gasteiger partial charge is 0.187 e. The van der Waals surface area contributed by atoms with Gasteiger partial charge in [0.1, 0.15) is 0 Å². The second-order valence-corrected chi connectivity index (χ2v) is 9.20. The van der Waals surface area contributed by atoms with Crippen LogP contribution >= 0.6 is 0 Å². The van der Waals surface area contributed by atoms with Gasteiger partial charge in [-0.15, -0.1) is 0 Å². The van der Waals surface area contributed by atoms with Gasteiger partial charge < -0.3 is 10.2 Å². The van der Waals surface area contributed by atoms with Gasteiger partial charge >= 0.3 is 0 Å². The van der Waals surface area contributed by atoms with E-state index in [0.29, 0.717) is 12.1 Å². The van der Waals surface area contributed by atoms with Crippen LogP contribution in [0.3, 0.4) is 0 Å². The molecule has 0 aliphatic carbocycles. The van der Waals surface area contributed by atoms with Crippen molar-refractivity contribution >= 4 is 8.32 Å². The van der Waals surface area contributed by atoms with Gasteiger partial charge in [-0.05, 0) is 45.3 Å².